The zero-order valence-electron chi connectivity index (χ0n) is 17.8. The summed E-state index contributed by atoms with van der Waals surface area (Å²) in [4.78, 5) is 13.5. The zero-order valence-corrected chi connectivity index (χ0v) is 19.5. The number of amides is 1. The quantitative estimate of drug-likeness (QED) is 0.419. The Hall–Kier alpha value is -3.36. The van der Waals surface area contributed by atoms with E-state index in [1.54, 1.807) is 73.8 Å². The van der Waals surface area contributed by atoms with Crippen LogP contribution in [0.5, 0.6) is 5.75 Å². The van der Waals surface area contributed by atoms with Crippen LogP contribution in [0.3, 0.4) is 0 Å². The Kier molecular flexibility index (Phi) is 5.90. The van der Waals surface area contributed by atoms with E-state index < -0.39 is 10.0 Å². The van der Waals surface area contributed by atoms with E-state index in [1.807, 2.05) is 13.0 Å². The first kappa shape index (κ1) is 21.9. The monoisotopic (exact) mass is 466 g/mol. The molecule has 0 aliphatic carbocycles. The Balaban J connectivity index is 1.58. The minimum atomic E-state index is -3.69. The van der Waals surface area contributed by atoms with Gasteiger partial charge < -0.3 is 10.1 Å². The fourth-order valence-electron chi connectivity index (χ4n) is 3.21. The number of hydrogen-bond donors (Lipinski definition) is 1. The van der Waals surface area contributed by atoms with Gasteiger partial charge in [-0.15, -0.1) is 11.3 Å². The van der Waals surface area contributed by atoms with Crippen molar-refractivity contribution in [2.45, 2.75) is 11.8 Å². The number of thiophene rings is 1. The van der Waals surface area contributed by atoms with Crippen LogP contribution in [0, 0.1) is 6.92 Å². The highest BCUT2D eigenvalue weighted by molar-refractivity contribution is 7.92. The highest BCUT2D eigenvalue weighted by Gasteiger charge is 2.22. The van der Waals surface area contributed by atoms with E-state index >= 15 is 0 Å². The molecule has 4 rings (SSSR count). The average Bonchev–Trinajstić information content (AvgIpc) is 3.23. The number of methoxy groups -OCH3 is 1. The molecule has 1 N–H and O–H groups in total. The lowest BCUT2D eigenvalue weighted by molar-refractivity contribution is 0.103. The number of benzene rings is 3. The van der Waals surface area contributed by atoms with E-state index in [2.05, 4.69) is 5.32 Å². The van der Waals surface area contributed by atoms with Crippen LogP contribution < -0.4 is 14.4 Å². The third-order valence-corrected chi connectivity index (χ3v) is 8.03. The predicted octanol–water partition coefficient (Wildman–Crippen LogP) is 5.30. The highest BCUT2D eigenvalue weighted by atomic mass is 32.2. The van der Waals surface area contributed by atoms with Gasteiger partial charge in [-0.1, -0.05) is 17.7 Å². The molecule has 6 nitrogen and oxygen atoms in total. The van der Waals surface area contributed by atoms with Crippen LogP contribution in [-0.4, -0.2) is 28.5 Å². The van der Waals surface area contributed by atoms with Crippen molar-refractivity contribution in [3.63, 3.8) is 0 Å². The Labute approximate surface area is 191 Å². The smallest absolute Gasteiger partial charge is 0.265 e. The van der Waals surface area contributed by atoms with Gasteiger partial charge in [-0.25, -0.2) is 8.42 Å². The Morgan fingerprint density at radius 1 is 0.969 bits per heavy atom. The standard InChI is InChI=1S/C24H22N2O4S2/c1-16-4-11-21(12-5-16)32(28,29)26(2)19-8-13-22-17(14-19)15-23(31-22)24(27)25-18-6-9-20(30-3)10-7-18/h4-15H,1-3H3,(H,25,27). The minimum absolute atomic E-state index is 0.224. The maximum atomic E-state index is 13.0. The molecule has 0 unspecified atom stereocenters. The number of rotatable bonds is 6. The number of anilines is 2. The van der Waals surface area contributed by atoms with Gasteiger partial charge in [-0.3, -0.25) is 9.10 Å². The van der Waals surface area contributed by atoms with Gasteiger partial charge >= 0.3 is 0 Å². The topological polar surface area (TPSA) is 75.7 Å². The Morgan fingerprint density at radius 2 is 1.66 bits per heavy atom. The summed E-state index contributed by atoms with van der Waals surface area (Å²) in [7, 11) is -0.573. The first-order valence-electron chi connectivity index (χ1n) is 9.82. The first-order valence-corrected chi connectivity index (χ1v) is 12.1. The minimum Gasteiger partial charge on any atom is -0.497 e. The molecule has 8 heteroatoms. The molecular weight excluding hydrogens is 444 g/mol. The van der Waals surface area contributed by atoms with Crippen LogP contribution in [0.1, 0.15) is 15.2 Å². The molecule has 1 amide bonds. The predicted molar refractivity (Wildman–Crippen MR) is 130 cm³/mol. The van der Waals surface area contributed by atoms with Gasteiger partial charge in [0.25, 0.3) is 15.9 Å². The Bertz CT molecular complexity index is 1380. The van der Waals surface area contributed by atoms with Gasteiger partial charge in [0.2, 0.25) is 0 Å². The third kappa shape index (κ3) is 4.32. The van der Waals surface area contributed by atoms with E-state index in [0.29, 0.717) is 22.0 Å². The van der Waals surface area contributed by atoms with Crippen molar-refractivity contribution in [2.75, 3.05) is 23.8 Å². The Morgan fingerprint density at radius 3 is 2.31 bits per heavy atom. The summed E-state index contributed by atoms with van der Waals surface area (Å²) in [6.45, 7) is 1.91. The summed E-state index contributed by atoms with van der Waals surface area (Å²) in [6, 6.07) is 21.0. The van der Waals surface area contributed by atoms with Crippen molar-refractivity contribution < 1.29 is 17.9 Å². The average molecular weight is 467 g/mol. The van der Waals surface area contributed by atoms with Crippen LogP contribution in [0.2, 0.25) is 0 Å². The molecule has 164 valence electrons. The molecule has 0 radical (unpaired) electrons. The lowest BCUT2D eigenvalue weighted by Crippen LogP contribution is -2.26. The van der Waals surface area contributed by atoms with E-state index in [0.717, 1.165) is 15.6 Å². The molecule has 0 aliphatic heterocycles. The molecule has 0 saturated heterocycles. The van der Waals surface area contributed by atoms with Crippen molar-refractivity contribution >= 4 is 48.7 Å². The molecule has 0 aliphatic rings. The van der Waals surface area contributed by atoms with Gasteiger partial charge in [0.05, 0.1) is 22.6 Å². The first-order chi connectivity index (χ1) is 15.3. The maximum absolute atomic E-state index is 13.0. The van der Waals surface area contributed by atoms with Gasteiger partial charge in [0.15, 0.2) is 0 Å². The van der Waals surface area contributed by atoms with Crippen LogP contribution in [0.25, 0.3) is 10.1 Å². The van der Waals surface area contributed by atoms with Crippen molar-refractivity contribution in [2.24, 2.45) is 0 Å². The molecule has 0 fully saturated rings. The van der Waals surface area contributed by atoms with Crippen LogP contribution in [0.4, 0.5) is 11.4 Å². The SMILES string of the molecule is COc1ccc(NC(=O)c2cc3cc(N(C)S(=O)(=O)c4ccc(C)cc4)ccc3s2)cc1. The molecule has 0 spiro atoms. The van der Waals surface area contributed by atoms with Crippen LogP contribution in [-0.2, 0) is 10.0 Å². The third-order valence-electron chi connectivity index (χ3n) is 5.11. The van der Waals surface area contributed by atoms with E-state index in [4.69, 9.17) is 4.74 Å². The molecule has 4 aromatic rings. The van der Waals surface area contributed by atoms with Gasteiger partial charge in [-0.05, 0) is 73.0 Å². The van der Waals surface area contributed by atoms with Crippen molar-refractivity contribution in [1.29, 1.82) is 0 Å². The summed E-state index contributed by atoms with van der Waals surface area (Å²) < 4.78 is 33.3. The van der Waals surface area contributed by atoms with Crippen molar-refractivity contribution in [1.82, 2.24) is 0 Å². The largest absolute Gasteiger partial charge is 0.497 e. The summed E-state index contributed by atoms with van der Waals surface area (Å²) in [5, 5.41) is 3.67. The van der Waals surface area contributed by atoms with Gasteiger partial charge in [0, 0.05) is 17.4 Å². The normalized spacial score (nSPS) is 11.3. The summed E-state index contributed by atoms with van der Waals surface area (Å²) in [5.41, 5.74) is 2.18. The van der Waals surface area contributed by atoms with E-state index in [-0.39, 0.29) is 10.8 Å². The highest BCUT2D eigenvalue weighted by Crippen LogP contribution is 2.31. The lowest BCUT2D eigenvalue weighted by atomic mass is 10.2. The number of fused-ring (bicyclic) bond motifs is 1. The molecule has 1 heterocycles. The van der Waals surface area contributed by atoms with Crippen molar-refractivity contribution in [3.8, 4) is 5.75 Å². The number of nitrogens with one attached hydrogen (secondary N) is 1. The number of carbonyl (C=O) groups is 1. The molecule has 1 aromatic heterocycles. The van der Waals surface area contributed by atoms with E-state index in [1.165, 1.54) is 22.7 Å². The number of nitrogens with zero attached hydrogens (tertiary/aromatic N) is 1. The van der Waals surface area contributed by atoms with Crippen LogP contribution in [0.15, 0.2) is 77.7 Å². The zero-order chi connectivity index (χ0) is 22.9. The van der Waals surface area contributed by atoms with Crippen LogP contribution >= 0.6 is 11.3 Å². The van der Waals surface area contributed by atoms with Gasteiger partial charge in [-0.2, -0.15) is 0 Å². The number of aryl methyl sites for hydroxylation is 1. The summed E-state index contributed by atoms with van der Waals surface area (Å²) in [5.74, 6) is 0.487. The second-order valence-electron chi connectivity index (χ2n) is 7.30. The molecule has 0 saturated carbocycles. The number of carbonyl (C=O) groups excluding carboxylic acids is 1. The summed E-state index contributed by atoms with van der Waals surface area (Å²) in [6.07, 6.45) is 0. The molecular formula is C24H22N2O4S2. The fourth-order valence-corrected chi connectivity index (χ4v) is 5.34. The second-order valence-corrected chi connectivity index (χ2v) is 10.4. The number of ether oxygens (including phenoxy) is 1. The molecule has 3 aromatic carbocycles. The number of sulfonamides is 1. The van der Waals surface area contributed by atoms with E-state index in [9.17, 15) is 13.2 Å². The second kappa shape index (κ2) is 8.64. The molecule has 0 bridgehead atoms. The fraction of sp³-hybridized carbons (Fsp3) is 0.125. The maximum Gasteiger partial charge on any atom is 0.265 e. The summed E-state index contributed by atoms with van der Waals surface area (Å²) >= 11 is 1.35. The lowest BCUT2D eigenvalue weighted by Gasteiger charge is -2.19. The number of hydrogen-bond acceptors (Lipinski definition) is 5. The van der Waals surface area contributed by atoms with Crippen molar-refractivity contribution in [3.05, 3.63) is 83.2 Å². The molecule has 0 atom stereocenters. The molecule has 32 heavy (non-hydrogen) atoms. The van der Waals surface area contributed by atoms with Gasteiger partial charge in [0.1, 0.15) is 5.75 Å².